The van der Waals surface area contributed by atoms with Gasteiger partial charge in [-0.15, -0.1) is 0 Å². The molecule has 41 heavy (non-hydrogen) atoms. The number of hydrogen-bond donors (Lipinski definition) is 1. The van der Waals surface area contributed by atoms with E-state index in [1.54, 1.807) is 7.11 Å². The molecule has 0 saturated heterocycles. The van der Waals surface area contributed by atoms with Crippen LogP contribution in [0.15, 0.2) is 0 Å². The van der Waals surface area contributed by atoms with Gasteiger partial charge in [0.2, 0.25) is 0 Å². The Morgan fingerprint density at radius 3 is 0.537 bits per heavy atom. The molecule has 0 aromatic carbocycles. The van der Waals surface area contributed by atoms with Gasteiger partial charge in [0, 0.05) is 13.7 Å². The normalized spacial score (nSPS) is 11.6. The molecule has 0 atom stereocenters. The van der Waals surface area contributed by atoms with Crippen molar-refractivity contribution in [3.05, 3.63) is 0 Å². The molecule has 248 valence electrons. The molecule has 0 rings (SSSR count). The highest BCUT2D eigenvalue weighted by Crippen LogP contribution is 1.87. The first-order chi connectivity index (χ1) is 20.4. The Morgan fingerprint density at radius 1 is 0.244 bits per heavy atom. The number of ether oxygens (including phenoxy) is 13. The smallest absolute Gasteiger partial charge is 0.0701 e. The third-order valence-electron chi connectivity index (χ3n) is 4.79. The molecule has 0 unspecified atom stereocenters. The zero-order valence-electron chi connectivity index (χ0n) is 25.3. The first-order valence-electron chi connectivity index (χ1n) is 14.5. The van der Waals surface area contributed by atoms with Gasteiger partial charge in [-0.3, -0.25) is 0 Å². The Balaban J connectivity index is 3.02. The van der Waals surface area contributed by atoms with Crippen LogP contribution in [0.3, 0.4) is 0 Å². The summed E-state index contributed by atoms with van der Waals surface area (Å²) in [7, 11) is 1.64. The summed E-state index contributed by atoms with van der Waals surface area (Å²) in [6.45, 7) is 13.8. The molecule has 0 aliphatic carbocycles. The van der Waals surface area contributed by atoms with Crippen LogP contribution in [0.1, 0.15) is 0 Å². The topological polar surface area (TPSA) is 146 Å². The van der Waals surface area contributed by atoms with Crippen LogP contribution in [0.25, 0.3) is 0 Å². The Labute approximate surface area is 246 Å². The minimum Gasteiger partial charge on any atom is -0.382 e. The van der Waals surface area contributed by atoms with Crippen LogP contribution in [0, 0.1) is 0 Å². The van der Waals surface area contributed by atoms with E-state index in [4.69, 9.17) is 67.3 Å². The number of hydrogen-bond acceptors (Lipinski definition) is 14. The summed E-state index contributed by atoms with van der Waals surface area (Å²) in [5, 5.41) is 0. The van der Waals surface area contributed by atoms with Crippen molar-refractivity contribution in [2.45, 2.75) is 0 Å². The van der Waals surface area contributed by atoms with E-state index in [0.717, 1.165) is 0 Å². The first-order valence-corrected chi connectivity index (χ1v) is 14.5. The summed E-state index contributed by atoms with van der Waals surface area (Å²) in [6.07, 6.45) is 0. The standard InChI is InChI=1S/C27H57NO13/c1-29-4-5-31-8-9-33-12-13-35-16-17-37-20-21-39-24-25-41-27-26-40-23-22-38-19-18-36-15-14-34-11-10-32-7-6-30-3-2-28/h2-28H2,1H3. The molecule has 0 amide bonds. The average Bonchev–Trinajstić information content (AvgIpc) is 2.98. The zero-order valence-corrected chi connectivity index (χ0v) is 25.3. The number of methoxy groups -OCH3 is 1. The van der Waals surface area contributed by atoms with Crippen LogP contribution in [-0.2, 0) is 61.6 Å². The molecule has 0 aromatic rings. The number of nitrogens with two attached hydrogens (primary N) is 1. The van der Waals surface area contributed by atoms with Crippen molar-refractivity contribution >= 4 is 0 Å². The SMILES string of the molecule is COCCOCCOCCOCCOCCOCCOCCOCCOCCOCCOCCOCCOCCN. The quantitative estimate of drug-likeness (QED) is 0.0929. The lowest BCUT2D eigenvalue weighted by molar-refractivity contribution is -0.0287. The molecule has 0 spiro atoms. The van der Waals surface area contributed by atoms with E-state index in [-0.39, 0.29) is 0 Å². The van der Waals surface area contributed by atoms with Crippen molar-refractivity contribution in [2.24, 2.45) is 5.73 Å². The average molecular weight is 604 g/mol. The number of rotatable bonds is 38. The van der Waals surface area contributed by atoms with Crippen LogP contribution < -0.4 is 5.73 Å². The molecule has 0 bridgehead atoms. The molecule has 0 aromatic heterocycles. The fourth-order valence-corrected chi connectivity index (χ4v) is 2.75. The second-order valence-electron chi connectivity index (χ2n) is 8.13. The van der Waals surface area contributed by atoms with Gasteiger partial charge in [-0.25, -0.2) is 0 Å². The Bertz CT molecular complexity index is 417. The van der Waals surface area contributed by atoms with Gasteiger partial charge >= 0.3 is 0 Å². The van der Waals surface area contributed by atoms with E-state index in [9.17, 15) is 0 Å². The minimum atomic E-state index is 0.512. The third-order valence-corrected chi connectivity index (χ3v) is 4.79. The van der Waals surface area contributed by atoms with Crippen LogP contribution in [0.5, 0.6) is 0 Å². The van der Waals surface area contributed by atoms with Crippen LogP contribution in [0.2, 0.25) is 0 Å². The fraction of sp³-hybridized carbons (Fsp3) is 1.00. The first kappa shape index (κ1) is 40.4. The van der Waals surface area contributed by atoms with E-state index < -0.39 is 0 Å². The predicted molar refractivity (Wildman–Crippen MR) is 151 cm³/mol. The third kappa shape index (κ3) is 39.4. The molecule has 0 heterocycles. The zero-order chi connectivity index (χ0) is 29.6. The summed E-state index contributed by atoms with van der Waals surface area (Å²) >= 11 is 0. The lowest BCUT2D eigenvalue weighted by atomic mass is 10.6. The van der Waals surface area contributed by atoms with Gasteiger partial charge in [-0.2, -0.15) is 0 Å². The highest BCUT2D eigenvalue weighted by molar-refractivity contribution is 4.39. The Hall–Kier alpha value is -0.560. The molecule has 14 nitrogen and oxygen atoms in total. The monoisotopic (exact) mass is 603 g/mol. The van der Waals surface area contributed by atoms with E-state index >= 15 is 0 Å². The minimum absolute atomic E-state index is 0.512. The molecule has 0 saturated carbocycles. The maximum Gasteiger partial charge on any atom is 0.0701 e. The highest BCUT2D eigenvalue weighted by atomic mass is 16.6. The second-order valence-corrected chi connectivity index (χ2v) is 8.13. The highest BCUT2D eigenvalue weighted by Gasteiger charge is 1.96. The molecular formula is C27H57NO13. The van der Waals surface area contributed by atoms with Crippen LogP contribution in [0.4, 0.5) is 0 Å². The summed E-state index contributed by atoms with van der Waals surface area (Å²) in [4.78, 5) is 0. The van der Waals surface area contributed by atoms with E-state index in [1.807, 2.05) is 0 Å². The second kappa shape index (κ2) is 39.4. The van der Waals surface area contributed by atoms with Crippen LogP contribution >= 0.6 is 0 Å². The molecule has 2 N–H and O–H groups in total. The van der Waals surface area contributed by atoms with E-state index in [2.05, 4.69) is 0 Å². The molecule has 0 aliphatic rings. The largest absolute Gasteiger partial charge is 0.382 e. The van der Waals surface area contributed by atoms with Crippen molar-refractivity contribution in [3.8, 4) is 0 Å². The van der Waals surface area contributed by atoms with Gasteiger partial charge in [-0.05, 0) is 0 Å². The van der Waals surface area contributed by atoms with Gasteiger partial charge in [0.25, 0.3) is 0 Å². The molecule has 0 radical (unpaired) electrons. The predicted octanol–water partition coefficient (Wildman–Crippen LogP) is -0.209. The lowest BCUT2D eigenvalue weighted by Gasteiger charge is -2.09. The fourth-order valence-electron chi connectivity index (χ4n) is 2.75. The Morgan fingerprint density at radius 2 is 0.390 bits per heavy atom. The molecule has 0 fully saturated rings. The van der Waals surface area contributed by atoms with Crippen molar-refractivity contribution in [1.82, 2.24) is 0 Å². The van der Waals surface area contributed by atoms with Crippen LogP contribution in [-0.4, -0.2) is 179 Å². The van der Waals surface area contributed by atoms with E-state index in [0.29, 0.717) is 172 Å². The molecular weight excluding hydrogens is 546 g/mol. The Kier molecular flexibility index (Phi) is 38.9. The van der Waals surface area contributed by atoms with Crippen molar-refractivity contribution in [2.75, 3.05) is 179 Å². The van der Waals surface area contributed by atoms with Gasteiger partial charge in [0.1, 0.15) is 0 Å². The van der Waals surface area contributed by atoms with E-state index in [1.165, 1.54) is 0 Å². The summed E-state index contributed by atoms with van der Waals surface area (Å²) in [5.74, 6) is 0. The van der Waals surface area contributed by atoms with Crippen molar-refractivity contribution in [1.29, 1.82) is 0 Å². The summed E-state index contributed by atoms with van der Waals surface area (Å²) in [5.41, 5.74) is 5.32. The van der Waals surface area contributed by atoms with Gasteiger partial charge < -0.3 is 67.3 Å². The van der Waals surface area contributed by atoms with Crippen molar-refractivity contribution in [3.63, 3.8) is 0 Å². The maximum absolute atomic E-state index is 5.46. The summed E-state index contributed by atoms with van der Waals surface area (Å²) < 4.78 is 69.7. The van der Waals surface area contributed by atoms with Gasteiger partial charge in [0.15, 0.2) is 0 Å². The lowest BCUT2D eigenvalue weighted by Crippen LogP contribution is -2.16. The molecule has 14 heteroatoms. The molecule has 0 aliphatic heterocycles. The van der Waals surface area contributed by atoms with Gasteiger partial charge in [0.05, 0.1) is 165 Å². The summed E-state index contributed by atoms with van der Waals surface area (Å²) in [6, 6.07) is 0. The van der Waals surface area contributed by atoms with Crippen molar-refractivity contribution < 1.29 is 61.6 Å². The van der Waals surface area contributed by atoms with Gasteiger partial charge in [-0.1, -0.05) is 0 Å². The maximum atomic E-state index is 5.46.